The van der Waals surface area contributed by atoms with E-state index in [1.54, 1.807) is 12.3 Å². The van der Waals surface area contributed by atoms with Gasteiger partial charge < -0.3 is 0 Å². The normalized spacial score (nSPS) is 11.6. The van der Waals surface area contributed by atoms with Gasteiger partial charge in [0.2, 0.25) is 0 Å². The molecule has 2 N–H and O–H groups in total. The van der Waals surface area contributed by atoms with Crippen molar-refractivity contribution in [3.8, 4) is 11.3 Å². The summed E-state index contributed by atoms with van der Waals surface area (Å²) in [6, 6.07) is 1.69. The van der Waals surface area contributed by atoms with Gasteiger partial charge >= 0.3 is 126 Å². The second kappa shape index (κ2) is 5.76. The summed E-state index contributed by atoms with van der Waals surface area (Å²) in [4.78, 5) is 19.8. The Hall–Kier alpha value is -1.32. The molecular formula is C13H12N2O2SW. The molecule has 0 aliphatic rings. The Balaban J connectivity index is 2.38. The number of nitrogens with one attached hydrogen (secondary N) is 1. The molecule has 98 valence electrons. The van der Waals surface area contributed by atoms with Gasteiger partial charge in [0.05, 0.1) is 0 Å². The number of hydrogen-bond acceptors (Lipinski definition) is 3. The Morgan fingerprint density at radius 1 is 1.58 bits per heavy atom. The van der Waals surface area contributed by atoms with Crippen molar-refractivity contribution in [2.75, 3.05) is 0 Å². The van der Waals surface area contributed by atoms with Crippen LogP contribution in [-0.4, -0.2) is 25.4 Å². The van der Waals surface area contributed by atoms with Crippen molar-refractivity contribution in [3.63, 3.8) is 0 Å². The first-order valence-corrected chi connectivity index (χ1v) is 8.05. The van der Waals surface area contributed by atoms with Crippen LogP contribution in [0, 0.1) is 6.92 Å². The Morgan fingerprint density at radius 2 is 2.32 bits per heavy atom. The van der Waals surface area contributed by atoms with Gasteiger partial charge in [-0.05, 0) is 0 Å². The molecule has 2 aromatic rings. The number of carboxylic acids is 1. The van der Waals surface area contributed by atoms with Crippen LogP contribution >= 0.6 is 11.3 Å². The van der Waals surface area contributed by atoms with E-state index < -0.39 is 5.97 Å². The number of carboxylic acid groups (broad SMARTS) is 1. The quantitative estimate of drug-likeness (QED) is 0.763. The van der Waals surface area contributed by atoms with E-state index in [1.807, 2.05) is 19.9 Å². The number of rotatable bonds is 4. The summed E-state index contributed by atoms with van der Waals surface area (Å²) in [7, 11) is 0. The van der Waals surface area contributed by atoms with E-state index in [2.05, 4.69) is 14.4 Å². The van der Waals surface area contributed by atoms with E-state index in [9.17, 15) is 4.79 Å². The Labute approximate surface area is 125 Å². The SMILES string of the molecule is CC([CH]=[W])=Cc1ncc(-c2cc(C(=O)O)sc2C)[nH]1. The van der Waals surface area contributed by atoms with E-state index in [0.29, 0.717) is 4.88 Å². The van der Waals surface area contributed by atoms with Gasteiger partial charge in [0, 0.05) is 0 Å². The molecule has 0 spiro atoms. The third kappa shape index (κ3) is 3.17. The number of aromatic carboxylic acids is 1. The molecule has 19 heavy (non-hydrogen) atoms. The van der Waals surface area contributed by atoms with Crippen molar-refractivity contribution in [3.05, 3.63) is 33.4 Å². The molecule has 0 unspecified atom stereocenters. The zero-order valence-corrected chi connectivity index (χ0v) is 14.2. The van der Waals surface area contributed by atoms with E-state index >= 15 is 0 Å². The summed E-state index contributed by atoms with van der Waals surface area (Å²) in [5.41, 5.74) is 2.91. The minimum atomic E-state index is -0.890. The Bertz CT molecular complexity index is 670. The van der Waals surface area contributed by atoms with Gasteiger partial charge in [0.25, 0.3) is 0 Å². The Kier molecular flexibility index (Phi) is 4.27. The van der Waals surface area contributed by atoms with Gasteiger partial charge in [-0.3, -0.25) is 0 Å². The molecule has 0 radical (unpaired) electrons. The summed E-state index contributed by atoms with van der Waals surface area (Å²) in [6.45, 7) is 3.94. The first-order chi connectivity index (χ1) is 9.01. The predicted molar refractivity (Wildman–Crippen MR) is 73.3 cm³/mol. The van der Waals surface area contributed by atoms with Gasteiger partial charge in [0.15, 0.2) is 0 Å². The minimum absolute atomic E-state index is 0.348. The van der Waals surface area contributed by atoms with E-state index in [0.717, 1.165) is 27.5 Å². The fourth-order valence-corrected chi connectivity index (χ4v) is 2.77. The van der Waals surface area contributed by atoms with Gasteiger partial charge in [-0.15, -0.1) is 0 Å². The number of imidazole rings is 1. The molecule has 2 heterocycles. The van der Waals surface area contributed by atoms with Crippen molar-refractivity contribution in [1.29, 1.82) is 0 Å². The van der Waals surface area contributed by atoms with Crippen LogP contribution in [0.5, 0.6) is 0 Å². The monoisotopic (exact) mass is 444 g/mol. The van der Waals surface area contributed by atoms with Crippen LogP contribution < -0.4 is 0 Å². The fourth-order valence-electron chi connectivity index (χ4n) is 1.65. The second-order valence-corrected chi connectivity index (χ2v) is 6.18. The number of allylic oxidation sites excluding steroid dienone is 1. The molecule has 0 amide bonds. The molecule has 0 fully saturated rings. The molecule has 0 aromatic carbocycles. The van der Waals surface area contributed by atoms with Gasteiger partial charge in [-0.1, -0.05) is 0 Å². The number of carbonyl (C=O) groups is 1. The van der Waals surface area contributed by atoms with E-state index in [4.69, 9.17) is 5.11 Å². The molecule has 0 atom stereocenters. The molecule has 0 bridgehead atoms. The van der Waals surface area contributed by atoms with Gasteiger partial charge in [0.1, 0.15) is 0 Å². The third-order valence-electron chi connectivity index (χ3n) is 2.56. The number of aromatic nitrogens is 2. The summed E-state index contributed by atoms with van der Waals surface area (Å²) in [5.74, 6) is -0.106. The van der Waals surface area contributed by atoms with Crippen molar-refractivity contribution in [2.45, 2.75) is 13.8 Å². The molecule has 0 aliphatic heterocycles. The second-order valence-electron chi connectivity index (χ2n) is 4.07. The van der Waals surface area contributed by atoms with Crippen LogP contribution in [0.1, 0.15) is 27.3 Å². The number of H-pyrrole nitrogens is 1. The molecule has 4 nitrogen and oxygen atoms in total. The number of aryl methyl sites for hydroxylation is 1. The standard InChI is InChI=1S/C13H12N2O2S.W/c1-7(2)4-12-14-6-10(15-12)9-5-11(13(16)17)18-8(9)3;/h1,4-6H,2-3H3,(H,14,15)(H,16,17);. The Morgan fingerprint density at radius 3 is 2.89 bits per heavy atom. The summed E-state index contributed by atoms with van der Waals surface area (Å²) >= 11 is 2.68. The average molecular weight is 444 g/mol. The van der Waals surface area contributed by atoms with Gasteiger partial charge in [-0.25, -0.2) is 0 Å². The zero-order chi connectivity index (χ0) is 14.0. The van der Waals surface area contributed by atoms with Crippen LogP contribution in [0.25, 0.3) is 17.3 Å². The zero-order valence-electron chi connectivity index (χ0n) is 10.4. The molecule has 6 heteroatoms. The number of thiophene rings is 1. The molecule has 0 saturated carbocycles. The summed E-state index contributed by atoms with van der Waals surface area (Å²) < 4.78 is 2.08. The van der Waals surface area contributed by atoms with Crippen LogP contribution in [0.4, 0.5) is 0 Å². The third-order valence-corrected chi connectivity index (χ3v) is 4.94. The number of nitrogens with zero attached hydrogens (tertiary/aromatic N) is 1. The maximum atomic E-state index is 11.0. The molecule has 2 rings (SSSR count). The topological polar surface area (TPSA) is 66.0 Å². The molecule has 0 saturated heterocycles. The van der Waals surface area contributed by atoms with E-state index in [1.165, 1.54) is 30.7 Å². The molecule has 2 aromatic heterocycles. The van der Waals surface area contributed by atoms with Crippen LogP contribution in [0.3, 0.4) is 0 Å². The van der Waals surface area contributed by atoms with Crippen LogP contribution in [0.2, 0.25) is 0 Å². The summed E-state index contributed by atoms with van der Waals surface area (Å²) in [6.07, 6.45) is 3.71. The number of hydrogen-bond donors (Lipinski definition) is 2. The average Bonchev–Trinajstić information content (AvgIpc) is 2.95. The van der Waals surface area contributed by atoms with Crippen LogP contribution in [-0.2, 0) is 19.4 Å². The van der Waals surface area contributed by atoms with Crippen molar-refractivity contribution in [1.82, 2.24) is 9.97 Å². The van der Waals surface area contributed by atoms with E-state index in [-0.39, 0.29) is 0 Å². The molecular weight excluding hydrogens is 432 g/mol. The van der Waals surface area contributed by atoms with Crippen molar-refractivity contribution in [2.24, 2.45) is 0 Å². The first kappa shape index (κ1) is 14.1. The fraction of sp³-hybridized carbons (Fsp3) is 0.154. The predicted octanol–water partition coefficient (Wildman–Crippen LogP) is 2.90. The van der Waals surface area contributed by atoms with Gasteiger partial charge in [-0.2, -0.15) is 0 Å². The maximum absolute atomic E-state index is 11.0. The molecule has 0 aliphatic carbocycles. The first-order valence-electron chi connectivity index (χ1n) is 5.54. The van der Waals surface area contributed by atoms with Crippen molar-refractivity contribution < 1.29 is 29.3 Å². The van der Waals surface area contributed by atoms with Crippen molar-refractivity contribution >= 4 is 27.8 Å². The summed E-state index contributed by atoms with van der Waals surface area (Å²) in [5, 5.41) is 9.00. The number of aromatic amines is 1. The van der Waals surface area contributed by atoms with Crippen LogP contribution in [0.15, 0.2) is 17.8 Å².